The van der Waals surface area contributed by atoms with Crippen molar-refractivity contribution in [3.05, 3.63) is 0 Å². The van der Waals surface area contributed by atoms with Gasteiger partial charge in [0.05, 0.1) is 11.4 Å². The summed E-state index contributed by atoms with van der Waals surface area (Å²) in [4.78, 5) is 0. The minimum atomic E-state index is -0.757. The van der Waals surface area contributed by atoms with Gasteiger partial charge in [-0.3, -0.25) is 4.21 Å². The Morgan fingerprint density at radius 3 is 2.69 bits per heavy atom. The second-order valence-electron chi connectivity index (χ2n) is 4.43. The first kappa shape index (κ1) is 9.66. The van der Waals surface area contributed by atoms with Crippen LogP contribution in [0, 0.1) is 5.92 Å². The van der Waals surface area contributed by atoms with E-state index in [0.717, 1.165) is 12.8 Å². The highest BCUT2D eigenvalue weighted by Crippen LogP contribution is 2.40. The minimum Gasteiger partial charge on any atom is -0.392 e. The predicted molar refractivity (Wildman–Crippen MR) is 54.0 cm³/mol. The number of aliphatic hydroxyl groups excluding tert-OH is 1. The summed E-state index contributed by atoms with van der Waals surface area (Å²) in [5, 5.41) is 9.95. The van der Waals surface area contributed by atoms with Crippen LogP contribution in [-0.2, 0) is 10.8 Å². The number of rotatable bonds is 1. The quantitative estimate of drug-likeness (QED) is 0.698. The molecule has 0 amide bonds. The Hall–Kier alpha value is 0.110. The highest BCUT2D eigenvalue weighted by molar-refractivity contribution is 7.86. The molecule has 0 aromatic carbocycles. The van der Waals surface area contributed by atoms with Crippen molar-refractivity contribution in [1.29, 1.82) is 0 Å². The molecule has 1 saturated carbocycles. The van der Waals surface area contributed by atoms with Crippen LogP contribution in [0.25, 0.3) is 0 Å². The van der Waals surface area contributed by atoms with Crippen LogP contribution in [0.4, 0.5) is 0 Å². The molecule has 0 bridgehead atoms. The maximum absolute atomic E-state index is 11.9. The van der Waals surface area contributed by atoms with Crippen LogP contribution in [0.1, 0.15) is 39.0 Å². The van der Waals surface area contributed by atoms with Crippen molar-refractivity contribution >= 4 is 10.8 Å². The molecule has 5 unspecified atom stereocenters. The first-order chi connectivity index (χ1) is 6.20. The lowest BCUT2D eigenvalue weighted by Gasteiger charge is -2.22. The Labute approximate surface area is 82.2 Å². The van der Waals surface area contributed by atoms with Crippen molar-refractivity contribution in [2.75, 3.05) is 0 Å². The molecule has 2 aliphatic rings. The Balaban J connectivity index is 2.09. The Morgan fingerprint density at radius 1 is 1.38 bits per heavy atom. The van der Waals surface area contributed by atoms with E-state index >= 15 is 0 Å². The fraction of sp³-hybridized carbons (Fsp3) is 1.00. The summed E-state index contributed by atoms with van der Waals surface area (Å²) in [6, 6.07) is 0. The van der Waals surface area contributed by atoms with E-state index in [1.807, 2.05) is 0 Å². The van der Waals surface area contributed by atoms with E-state index in [2.05, 4.69) is 0 Å². The summed E-state index contributed by atoms with van der Waals surface area (Å²) in [5.41, 5.74) is 0. The molecule has 1 heterocycles. The maximum atomic E-state index is 11.9. The SMILES string of the molecule is CC(O)C1CC2CCCCC2S1=O. The van der Waals surface area contributed by atoms with E-state index in [0.29, 0.717) is 11.2 Å². The van der Waals surface area contributed by atoms with Crippen molar-refractivity contribution in [1.82, 2.24) is 0 Å². The molecule has 1 aliphatic heterocycles. The molecule has 3 heteroatoms. The largest absolute Gasteiger partial charge is 0.392 e. The average molecular weight is 202 g/mol. The number of hydrogen-bond acceptors (Lipinski definition) is 2. The first-order valence-electron chi connectivity index (χ1n) is 5.27. The van der Waals surface area contributed by atoms with Gasteiger partial charge in [-0.2, -0.15) is 0 Å². The molecule has 0 spiro atoms. The fourth-order valence-corrected chi connectivity index (χ4v) is 5.06. The minimum absolute atomic E-state index is 0.0631. The lowest BCUT2D eigenvalue weighted by Crippen LogP contribution is -2.27. The normalized spacial score (nSPS) is 47.2. The predicted octanol–water partition coefficient (Wildman–Crippen LogP) is 1.45. The lowest BCUT2D eigenvalue weighted by atomic mass is 9.85. The van der Waals surface area contributed by atoms with E-state index < -0.39 is 10.8 Å². The monoisotopic (exact) mass is 202 g/mol. The zero-order valence-electron chi connectivity index (χ0n) is 8.11. The number of fused-ring (bicyclic) bond motifs is 1. The Bertz CT molecular complexity index is 211. The van der Waals surface area contributed by atoms with E-state index in [-0.39, 0.29) is 11.4 Å². The van der Waals surface area contributed by atoms with Gasteiger partial charge in [0.1, 0.15) is 0 Å². The smallest absolute Gasteiger partial charge is 0.0655 e. The van der Waals surface area contributed by atoms with Crippen LogP contribution in [0.3, 0.4) is 0 Å². The number of hydrogen-bond donors (Lipinski definition) is 1. The average Bonchev–Trinajstić information content (AvgIpc) is 2.45. The highest BCUT2D eigenvalue weighted by Gasteiger charge is 2.43. The fourth-order valence-electron chi connectivity index (χ4n) is 2.76. The molecule has 13 heavy (non-hydrogen) atoms. The Kier molecular flexibility index (Phi) is 2.75. The molecule has 76 valence electrons. The second-order valence-corrected chi connectivity index (χ2v) is 6.29. The van der Waals surface area contributed by atoms with Gasteiger partial charge in [-0.15, -0.1) is 0 Å². The standard InChI is InChI=1S/C10H18O2S/c1-7(11)10-6-8-4-2-3-5-9(8)13(10)12/h7-11H,2-6H2,1H3. The van der Waals surface area contributed by atoms with Crippen molar-refractivity contribution in [2.24, 2.45) is 5.92 Å². The van der Waals surface area contributed by atoms with Crippen LogP contribution in [-0.4, -0.2) is 25.9 Å². The van der Waals surface area contributed by atoms with Crippen molar-refractivity contribution in [3.8, 4) is 0 Å². The number of aliphatic hydroxyl groups is 1. The van der Waals surface area contributed by atoms with Crippen LogP contribution < -0.4 is 0 Å². The molecular formula is C10H18O2S. The van der Waals surface area contributed by atoms with Gasteiger partial charge in [0.2, 0.25) is 0 Å². The topological polar surface area (TPSA) is 37.3 Å². The van der Waals surface area contributed by atoms with Gasteiger partial charge in [-0.1, -0.05) is 12.8 Å². The maximum Gasteiger partial charge on any atom is 0.0655 e. The van der Waals surface area contributed by atoms with E-state index in [9.17, 15) is 9.32 Å². The third-order valence-corrected chi connectivity index (χ3v) is 5.91. The zero-order chi connectivity index (χ0) is 9.42. The third-order valence-electron chi connectivity index (χ3n) is 3.51. The van der Waals surface area contributed by atoms with E-state index in [1.165, 1.54) is 19.3 Å². The molecule has 0 aromatic rings. The molecule has 1 aliphatic carbocycles. The third kappa shape index (κ3) is 1.68. The van der Waals surface area contributed by atoms with Gasteiger partial charge in [0.15, 0.2) is 0 Å². The van der Waals surface area contributed by atoms with Crippen molar-refractivity contribution in [3.63, 3.8) is 0 Å². The summed E-state index contributed by atoms with van der Waals surface area (Å²) in [6.07, 6.45) is 5.51. The van der Waals surface area contributed by atoms with Gasteiger partial charge < -0.3 is 5.11 Å². The van der Waals surface area contributed by atoms with E-state index in [1.54, 1.807) is 6.92 Å². The molecule has 1 saturated heterocycles. The molecule has 0 aromatic heterocycles. The van der Waals surface area contributed by atoms with Gasteiger partial charge in [0, 0.05) is 16.0 Å². The molecule has 2 fully saturated rings. The molecule has 2 nitrogen and oxygen atoms in total. The van der Waals surface area contributed by atoms with Crippen molar-refractivity contribution < 1.29 is 9.32 Å². The van der Waals surface area contributed by atoms with Gasteiger partial charge in [0.25, 0.3) is 0 Å². The second kappa shape index (κ2) is 3.70. The molecule has 0 radical (unpaired) electrons. The lowest BCUT2D eigenvalue weighted by molar-refractivity contribution is 0.181. The summed E-state index contributed by atoms with van der Waals surface area (Å²) < 4.78 is 11.9. The summed E-state index contributed by atoms with van der Waals surface area (Å²) in [7, 11) is -0.757. The summed E-state index contributed by atoms with van der Waals surface area (Å²) in [6.45, 7) is 1.78. The Morgan fingerprint density at radius 2 is 2.08 bits per heavy atom. The van der Waals surface area contributed by atoms with E-state index in [4.69, 9.17) is 0 Å². The zero-order valence-corrected chi connectivity index (χ0v) is 8.93. The molecular weight excluding hydrogens is 184 g/mol. The summed E-state index contributed by atoms with van der Waals surface area (Å²) >= 11 is 0. The molecule has 2 rings (SSSR count). The summed E-state index contributed by atoms with van der Waals surface area (Å²) in [5.74, 6) is 0.647. The molecule has 1 N–H and O–H groups in total. The van der Waals surface area contributed by atoms with Crippen molar-refractivity contribution in [2.45, 2.75) is 55.6 Å². The van der Waals surface area contributed by atoms with Crippen LogP contribution in [0.5, 0.6) is 0 Å². The van der Waals surface area contributed by atoms with Crippen LogP contribution in [0.15, 0.2) is 0 Å². The highest BCUT2D eigenvalue weighted by atomic mass is 32.2. The molecule has 5 atom stereocenters. The van der Waals surface area contributed by atoms with Gasteiger partial charge in [-0.05, 0) is 32.1 Å². The first-order valence-corrected chi connectivity index (χ1v) is 6.55. The van der Waals surface area contributed by atoms with Crippen LogP contribution >= 0.6 is 0 Å². The van der Waals surface area contributed by atoms with Gasteiger partial charge >= 0.3 is 0 Å². The van der Waals surface area contributed by atoms with Crippen LogP contribution in [0.2, 0.25) is 0 Å². The van der Waals surface area contributed by atoms with Gasteiger partial charge in [-0.25, -0.2) is 0 Å².